The zero-order chi connectivity index (χ0) is 11.9. The van der Waals surface area contributed by atoms with Gasteiger partial charge in [-0.25, -0.2) is 0 Å². The topological polar surface area (TPSA) is 39.7 Å². The minimum absolute atomic E-state index is 0.159. The Labute approximate surface area is 98.6 Å². The molecule has 0 aromatic rings. The maximum absolute atomic E-state index is 5.42. The summed E-state index contributed by atoms with van der Waals surface area (Å²) in [6.45, 7) is 6.54. The average molecular weight is 231 g/mol. The average Bonchev–Trinajstić information content (AvgIpc) is 2.58. The Kier molecular flexibility index (Phi) is 6.28. The Hall–Kier alpha value is -0.160. The summed E-state index contributed by atoms with van der Waals surface area (Å²) in [7, 11) is 1.69. The van der Waals surface area contributed by atoms with Crippen molar-refractivity contribution in [2.45, 2.75) is 51.2 Å². The lowest BCUT2D eigenvalue weighted by Gasteiger charge is -2.21. The minimum Gasteiger partial charge on any atom is -0.382 e. The predicted octanol–water partition coefficient (Wildman–Crippen LogP) is 1.89. The van der Waals surface area contributed by atoms with Gasteiger partial charge in [0.15, 0.2) is 0 Å². The van der Waals surface area contributed by atoms with Crippen molar-refractivity contribution in [3.63, 3.8) is 0 Å². The summed E-state index contributed by atoms with van der Waals surface area (Å²) in [4.78, 5) is 5.38. The van der Waals surface area contributed by atoms with Crippen LogP contribution in [-0.2, 0) is 14.3 Å². The largest absolute Gasteiger partial charge is 0.382 e. The van der Waals surface area contributed by atoms with Gasteiger partial charge in [0.25, 0.3) is 0 Å². The zero-order valence-electron chi connectivity index (χ0n) is 10.8. The Morgan fingerprint density at radius 1 is 1.31 bits per heavy atom. The van der Waals surface area contributed by atoms with Gasteiger partial charge in [-0.1, -0.05) is 0 Å². The molecule has 2 atom stereocenters. The third-order valence-corrected chi connectivity index (χ3v) is 2.94. The standard InChI is InChI=1S/C12H25NO3/c1-11-10-12(2,13-16-11)6-4-5-7-15-9-8-14-3/h11,13H,4-10H2,1-3H3. The first kappa shape index (κ1) is 13.9. The first-order valence-electron chi connectivity index (χ1n) is 6.16. The third-order valence-electron chi connectivity index (χ3n) is 2.94. The molecule has 96 valence electrons. The summed E-state index contributed by atoms with van der Waals surface area (Å²) in [5.74, 6) is 0. The Bertz CT molecular complexity index is 189. The minimum atomic E-state index is 0.159. The molecule has 1 rings (SSSR count). The molecule has 0 spiro atoms. The molecule has 0 radical (unpaired) electrons. The van der Waals surface area contributed by atoms with E-state index in [1.165, 1.54) is 6.42 Å². The lowest BCUT2D eigenvalue weighted by molar-refractivity contribution is 0.0201. The first-order chi connectivity index (χ1) is 7.66. The summed E-state index contributed by atoms with van der Waals surface area (Å²) in [5, 5.41) is 0. The second-order valence-electron chi connectivity index (χ2n) is 4.86. The van der Waals surface area contributed by atoms with Crippen molar-refractivity contribution in [3.8, 4) is 0 Å². The summed E-state index contributed by atoms with van der Waals surface area (Å²) in [6.07, 6.45) is 4.85. The van der Waals surface area contributed by atoms with Crippen LogP contribution in [-0.4, -0.2) is 38.6 Å². The van der Waals surface area contributed by atoms with E-state index >= 15 is 0 Å². The quantitative estimate of drug-likeness (QED) is 0.648. The van der Waals surface area contributed by atoms with E-state index in [0.717, 1.165) is 25.9 Å². The molecular formula is C12H25NO3. The Morgan fingerprint density at radius 3 is 2.75 bits per heavy atom. The fourth-order valence-electron chi connectivity index (χ4n) is 2.08. The highest BCUT2D eigenvalue weighted by molar-refractivity contribution is 4.86. The van der Waals surface area contributed by atoms with Crippen LogP contribution in [0.15, 0.2) is 0 Å². The molecule has 0 amide bonds. The van der Waals surface area contributed by atoms with E-state index < -0.39 is 0 Å². The van der Waals surface area contributed by atoms with Crippen LogP contribution in [0.1, 0.15) is 39.5 Å². The number of methoxy groups -OCH3 is 1. The van der Waals surface area contributed by atoms with Crippen LogP contribution < -0.4 is 5.48 Å². The van der Waals surface area contributed by atoms with Gasteiger partial charge >= 0.3 is 0 Å². The number of ether oxygens (including phenoxy) is 2. The van der Waals surface area contributed by atoms with Crippen molar-refractivity contribution in [1.29, 1.82) is 0 Å². The van der Waals surface area contributed by atoms with Crippen molar-refractivity contribution >= 4 is 0 Å². The van der Waals surface area contributed by atoms with Crippen molar-refractivity contribution in [2.75, 3.05) is 26.9 Å². The normalized spacial score (nSPS) is 29.8. The van der Waals surface area contributed by atoms with Gasteiger partial charge < -0.3 is 9.47 Å². The molecule has 16 heavy (non-hydrogen) atoms. The molecule has 1 aliphatic rings. The van der Waals surface area contributed by atoms with E-state index in [1.54, 1.807) is 7.11 Å². The number of nitrogens with one attached hydrogen (secondary N) is 1. The highest BCUT2D eigenvalue weighted by Gasteiger charge is 2.32. The highest BCUT2D eigenvalue weighted by Crippen LogP contribution is 2.26. The van der Waals surface area contributed by atoms with Crippen LogP contribution in [0.3, 0.4) is 0 Å². The fraction of sp³-hybridized carbons (Fsp3) is 1.00. The van der Waals surface area contributed by atoms with E-state index in [4.69, 9.17) is 14.3 Å². The zero-order valence-corrected chi connectivity index (χ0v) is 10.8. The van der Waals surface area contributed by atoms with Crippen LogP contribution in [0.25, 0.3) is 0 Å². The summed E-state index contributed by atoms with van der Waals surface area (Å²) >= 11 is 0. The molecule has 2 unspecified atom stereocenters. The monoisotopic (exact) mass is 231 g/mol. The molecule has 4 heteroatoms. The van der Waals surface area contributed by atoms with Crippen molar-refractivity contribution in [1.82, 2.24) is 5.48 Å². The molecule has 1 N–H and O–H groups in total. The maximum Gasteiger partial charge on any atom is 0.0780 e. The van der Waals surface area contributed by atoms with Gasteiger partial charge in [0.1, 0.15) is 0 Å². The highest BCUT2D eigenvalue weighted by atomic mass is 16.7. The Morgan fingerprint density at radius 2 is 2.12 bits per heavy atom. The summed E-state index contributed by atoms with van der Waals surface area (Å²) in [6, 6.07) is 0. The van der Waals surface area contributed by atoms with E-state index in [-0.39, 0.29) is 5.54 Å². The van der Waals surface area contributed by atoms with Gasteiger partial charge in [0.05, 0.1) is 19.3 Å². The van der Waals surface area contributed by atoms with Gasteiger partial charge in [-0.15, -0.1) is 0 Å². The molecule has 1 saturated heterocycles. The molecule has 1 fully saturated rings. The molecule has 0 bridgehead atoms. The molecule has 1 aliphatic heterocycles. The molecule has 0 aliphatic carbocycles. The summed E-state index contributed by atoms with van der Waals surface area (Å²) < 4.78 is 10.3. The number of rotatable bonds is 8. The lowest BCUT2D eigenvalue weighted by Crippen LogP contribution is -2.35. The van der Waals surface area contributed by atoms with Gasteiger partial charge in [-0.05, 0) is 39.5 Å². The van der Waals surface area contributed by atoms with E-state index in [9.17, 15) is 0 Å². The molecule has 0 aromatic heterocycles. The van der Waals surface area contributed by atoms with Crippen LogP contribution in [0.5, 0.6) is 0 Å². The predicted molar refractivity (Wildman–Crippen MR) is 63.3 cm³/mol. The molecule has 1 heterocycles. The smallest absolute Gasteiger partial charge is 0.0780 e. The van der Waals surface area contributed by atoms with Gasteiger partial charge in [0, 0.05) is 19.3 Å². The van der Waals surface area contributed by atoms with E-state index in [0.29, 0.717) is 19.3 Å². The van der Waals surface area contributed by atoms with Gasteiger partial charge in [-0.2, -0.15) is 5.48 Å². The van der Waals surface area contributed by atoms with Crippen molar-refractivity contribution in [3.05, 3.63) is 0 Å². The molecule has 0 saturated carbocycles. The van der Waals surface area contributed by atoms with Crippen LogP contribution in [0, 0.1) is 0 Å². The van der Waals surface area contributed by atoms with Crippen LogP contribution in [0.4, 0.5) is 0 Å². The second-order valence-corrected chi connectivity index (χ2v) is 4.86. The fourth-order valence-corrected chi connectivity index (χ4v) is 2.08. The van der Waals surface area contributed by atoms with Crippen LogP contribution >= 0.6 is 0 Å². The second kappa shape index (κ2) is 7.22. The number of unbranched alkanes of at least 4 members (excludes halogenated alkanes) is 1. The molecule has 4 nitrogen and oxygen atoms in total. The molecular weight excluding hydrogens is 206 g/mol. The summed E-state index contributed by atoms with van der Waals surface area (Å²) in [5.41, 5.74) is 3.29. The SMILES string of the molecule is COCCOCCCCC1(C)CC(C)ON1. The maximum atomic E-state index is 5.42. The Balaban J connectivity index is 1.94. The van der Waals surface area contributed by atoms with Gasteiger partial charge in [0.2, 0.25) is 0 Å². The third kappa shape index (κ3) is 5.25. The molecule has 0 aromatic carbocycles. The lowest BCUT2D eigenvalue weighted by atomic mass is 9.91. The first-order valence-corrected chi connectivity index (χ1v) is 6.16. The number of hydrogen-bond acceptors (Lipinski definition) is 4. The van der Waals surface area contributed by atoms with Crippen molar-refractivity contribution in [2.24, 2.45) is 0 Å². The van der Waals surface area contributed by atoms with Crippen molar-refractivity contribution < 1.29 is 14.3 Å². The van der Waals surface area contributed by atoms with E-state index in [2.05, 4.69) is 19.3 Å². The van der Waals surface area contributed by atoms with Gasteiger partial charge in [-0.3, -0.25) is 4.84 Å². The number of hydroxylamine groups is 1. The number of hydrogen-bond donors (Lipinski definition) is 1. The van der Waals surface area contributed by atoms with Crippen LogP contribution in [0.2, 0.25) is 0 Å². The van der Waals surface area contributed by atoms with E-state index in [1.807, 2.05) is 0 Å².